The van der Waals surface area contributed by atoms with Crippen molar-refractivity contribution in [3.05, 3.63) is 0 Å². The lowest BCUT2D eigenvalue weighted by atomic mass is 10.1. The summed E-state index contributed by atoms with van der Waals surface area (Å²) in [5.41, 5.74) is 0. The fraction of sp³-hybridized carbons (Fsp3) is 1.00. The summed E-state index contributed by atoms with van der Waals surface area (Å²) in [7, 11) is -2.89. The van der Waals surface area contributed by atoms with E-state index in [0.29, 0.717) is 0 Å². The van der Waals surface area contributed by atoms with E-state index in [9.17, 15) is 0 Å². The molecule has 0 aliphatic carbocycles. The molecule has 0 heterocycles. The summed E-state index contributed by atoms with van der Waals surface area (Å²) in [6, 6.07) is 0.889. The third kappa shape index (κ3) is 51.8. The highest BCUT2D eigenvalue weighted by molar-refractivity contribution is 7.80. The van der Waals surface area contributed by atoms with E-state index in [-0.39, 0.29) is 0 Å². The average Bonchev–Trinajstić information content (AvgIpc) is 3.37. The quantitative estimate of drug-likeness (QED) is 0.0373. The molecule has 5 nitrogen and oxygen atoms in total. The van der Waals surface area contributed by atoms with Gasteiger partial charge in [0.25, 0.3) is 0 Å². The molecular weight excluding hydrogens is 893 g/mol. The van der Waals surface area contributed by atoms with E-state index in [1.54, 1.807) is 0 Å². The summed E-state index contributed by atoms with van der Waals surface area (Å²) in [5.74, 6) is 0.856. The molecule has 422 valence electrons. The van der Waals surface area contributed by atoms with Gasteiger partial charge in [-0.25, -0.2) is 0 Å². The van der Waals surface area contributed by atoms with Crippen molar-refractivity contribution in [3.8, 4) is 0 Å². The van der Waals surface area contributed by atoms with E-state index in [2.05, 4.69) is 44.4 Å². The van der Waals surface area contributed by atoms with Crippen molar-refractivity contribution in [2.75, 3.05) is 64.8 Å². The molecule has 0 aromatic carbocycles. The highest BCUT2D eigenvalue weighted by Crippen LogP contribution is 2.22. The van der Waals surface area contributed by atoms with Gasteiger partial charge in [-0.05, 0) is 70.5 Å². The number of nitrogens with zero attached hydrogens (tertiary/aromatic N) is 2. The zero-order chi connectivity index (χ0) is 50.8. The fourth-order valence-electron chi connectivity index (χ4n) is 10.4. The van der Waals surface area contributed by atoms with E-state index < -0.39 is 8.80 Å². The minimum absolute atomic E-state index is 0.728. The lowest BCUT2D eigenvalue weighted by Gasteiger charge is -2.32. The van der Waals surface area contributed by atoms with Crippen LogP contribution < -0.4 is 0 Å². The van der Waals surface area contributed by atoms with Crippen LogP contribution in [0.25, 0.3) is 0 Å². The first-order valence-corrected chi connectivity index (χ1v) is 35.1. The van der Waals surface area contributed by atoms with Crippen molar-refractivity contribution in [2.24, 2.45) is 0 Å². The van der Waals surface area contributed by atoms with Gasteiger partial charge >= 0.3 is 8.80 Å². The molecule has 70 heavy (non-hydrogen) atoms. The Bertz CT molecular complexity index is 841. The van der Waals surface area contributed by atoms with Crippen molar-refractivity contribution in [1.29, 1.82) is 0 Å². The van der Waals surface area contributed by atoms with Crippen LogP contribution in [0.5, 0.6) is 0 Å². The van der Waals surface area contributed by atoms with Crippen LogP contribution in [0, 0.1) is 0 Å². The van der Waals surface area contributed by atoms with Gasteiger partial charge in [-0.1, -0.05) is 298 Å². The molecule has 0 unspecified atom stereocenters. The Labute approximate surface area is 449 Å². The molecule has 0 aliphatic rings. The smallest absolute Gasteiger partial charge is 0.373 e. The molecule has 0 aromatic heterocycles. The molecule has 0 spiro atoms. The van der Waals surface area contributed by atoms with Crippen LogP contribution in [-0.2, 0) is 13.3 Å². The molecule has 0 N–H and O–H groups in total. The number of unbranched alkanes of at least 4 members (excludes halogenated alkanes) is 41. The molecule has 0 atom stereocenters. The van der Waals surface area contributed by atoms with Crippen molar-refractivity contribution in [3.63, 3.8) is 0 Å². The average molecular weight is 1030 g/mol. The normalized spacial score (nSPS) is 12.2. The number of rotatable bonds is 63. The third-order valence-electron chi connectivity index (χ3n) is 15.2. The van der Waals surface area contributed by atoms with Crippen LogP contribution in [0.4, 0.5) is 0 Å². The maximum atomic E-state index is 7.12. The van der Waals surface area contributed by atoms with Gasteiger partial charge in [0.2, 0.25) is 0 Å². The van der Waals surface area contributed by atoms with E-state index >= 15 is 0 Å². The summed E-state index contributed by atoms with van der Waals surface area (Å²) in [4.78, 5) is 5.50. The molecule has 0 amide bonds. The van der Waals surface area contributed by atoms with Crippen LogP contribution in [0.1, 0.15) is 336 Å². The zero-order valence-electron chi connectivity index (χ0n) is 49.1. The van der Waals surface area contributed by atoms with Crippen LogP contribution >= 0.6 is 12.6 Å². The molecule has 0 fully saturated rings. The Morgan fingerprint density at radius 1 is 0.243 bits per heavy atom. The monoisotopic (exact) mass is 1020 g/mol. The lowest BCUT2D eigenvalue weighted by Crippen LogP contribution is -2.49. The maximum absolute atomic E-state index is 7.12. The highest BCUT2D eigenvalue weighted by Gasteiger charge is 2.41. The summed E-state index contributed by atoms with van der Waals surface area (Å²) in [6.45, 7) is 20.6. The molecular formula is C63H132N2O3SSi. The largest absolute Gasteiger partial charge is 0.501 e. The first-order chi connectivity index (χ1) is 34.6. The summed E-state index contributed by atoms with van der Waals surface area (Å²) >= 11 is 4.73. The molecule has 0 rings (SSSR count). The van der Waals surface area contributed by atoms with Gasteiger partial charge in [0, 0.05) is 25.7 Å². The van der Waals surface area contributed by atoms with Crippen LogP contribution in [0.15, 0.2) is 0 Å². The van der Waals surface area contributed by atoms with Crippen molar-refractivity contribution in [2.45, 2.75) is 342 Å². The SMILES string of the molecule is CCCCCCCCCCCCN(CCCCCCCCCCCC)CCO[Si](CCCS)(OCCCCCCCC)OCCN(CCCCCCCCCCCC)CCCCCCCCCCCC. The van der Waals surface area contributed by atoms with Gasteiger partial charge in [-0.3, -0.25) is 0 Å². The van der Waals surface area contributed by atoms with Crippen LogP contribution in [0.3, 0.4) is 0 Å². The molecule has 7 heteroatoms. The first kappa shape index (κ1) is 70.4. The molecule has 0 aliphatic heterocycles. The van der Waals surface area contributed by atoms with Crippen molar-refractivity contribution < 1.29 is 13.3 Å². The number of hydrogen-bond acceptors (Lipinski definition) is 6. The Balaban J connectivity index is 5.65. The van der Waals surface area contributed by atoms with Crippen molar-refractivity contribution >= 4 is 21.4 Å². The summed E-state index contributed by atoms with van der Waals surface area (Å²) in [5, 5.41) is 0. The molecule has 0 radical (unpaired) electrons. The summed E-state index contributed by atoms with van der Waals surface area (Å²) in [6.07, 6.45) is 64.5. The Morgan fingerprint density at radius 3 is 0.700 bits per heavy atom. The van der Waals surface area contributed by atoms with E-state index in [0.717, 1.165) is 57.5 Å². The van der Waals surface area contributed by atoms with Gasteiger partial charge in [0.05, 0.1) is 13.2 Å². The lowest BCUT2D eigenvalue weighted by molar-refractivity contribution is 0.0428. The van der Waals surface area contributed by atoms with Gasteiger partial charge in [-0.15, -0.1) is 0 Å². The Hall–Kier alpha value is 0.367. The Kier molecular flexibility index (Phi) is 60.5. The number of thiol groups is 1. The van der Waals surface area contributed by atoms with Crippen molar-refractivity contribution in [1.82, 2.24) is 9.80 Å². The topological polar surface area (TPSA) is 34.2 Å². The van der Waals surface area contributed by atoms with Crippen LogP contribution in [0.2, 0.25) is 6.04 Å². The molecule has 0 saturated heterocycles. The maximum Gasteiger partial charge on any atom is 0.501 e. The highest BCUT2D eigenvalue weighted by atomic mass is 32.1. The third-order valence-corrected chi connectivity index (χ3v) is 18.4. The van der Waals surface area contributed by atoms with E-state index in [1.807, 2.05) is 0 Å². The fourth-order valence-corrected chi connectivity index (χ4v) is 13.4. The Morgan fingerprint density at radius 2 is 0.457 bits per heavy atom. The molecule has 0 saturated carbocycles. The predicted molar refractivity (Wildman–Crippen MR) is 321 cm³/mol. The van der Waals surface area contributed by atoms with Gasteiger partial charge in [0.1, 0.15) is 0 Å². The van der Waals surface area contributed by atoms with Crippen LogP contribution in [-0.4, -0.2) is 83.4 Å². The molecule has 0 bridgehead atoms. The number of hydrogen-bond donors (Lipinski definition) is 1. The standard InChI is InChI=1S/C63H132N2O3SSi/c1-6-11-16-21-26-30-34-38-42-47-53-64(54-48-43-39-35-31-27-22-17-12-7-2)57-60-67-70(63-52-62-69,66-59-51-46-25-20-15-10-5)68-61-58-65(55-49-44-40-36-32-28-23-18-13-8-3)56-50-45-41-37-33-29-24-19-14-9-4/h69H,6-63H2,1-5H3. The predicted octanol–water partition coefficient (Wildman–Crippen LogP) is 20.9. The minimum Gasteiger partial charge on any atom is -0.373 e. The molecule has 0 aromatic rings. The van der Waals surface area contributed by atoms with Gasteiger partial charge in [0.15, 0.2) is 0 Å². The second kappa shape index (κ2) is 60.2. The second-order valence-electron chi connectivity index (χ2n) is 22.2. The zero-order valence-corrected chi connectivity index (χ0v) is 51.0. The van der Waals surface area contributed by atoms with E-state index in [4.69, 9.17) is 25.9 Å². The van der Waals surface area contributed by atoms with E-state index in [1.165, 1.54) is 315 Å². The summed E-state index contributed by atoms with van der Waals surface area (Å²) < 4.78 is 21.2. The minimum atomic E-state index is -2.89. The van der Waals surface area contributed by atoms with Gasteiger partial charge < -0.3 is 23.1 Å². The second-order valence-corrected chi connectivity index (χ2v) is 25.4. The van der Waals surface area contributed by atoms with Gasteiger partial charge in [-0.2, -0.15) is 12.6 Å². The first-order valence-electron chi connectivity index (χ1n) is 32.6.